The van der Waals surface area contributed by atoms with E-state index in [1.54, 1.807) is 18.2 Å². The van der Waals surface area contributed by atoms with Crippen molar-refractivity contribution in [2.45, 2.75) is 17.4 Å². The molecule has 3 aromatic carbocycles. The highest BCUT2D eigenvalue weighted by Crippen LogP contribution is 2.45. The number of carbonyl (C=O) groups is 1. The number of carbonyl (C=O) groups excluding carboxylic acids is 1. The van der Waals surface area contributed by atoms with Crippen LogP contribution in [-0.2, 0) is 16.4 Å². The van der Waals surface area contributed by atoms with Gasteiger partial charge in [0.1, 0.15) is 0 Å². The van der Waals surface area contributed by atoms with Gasteiger partial charge in [0.25, 0.3) is 5.91 Å². The van der Waals surface area contributed by atoms with E-state index >= 15 is 0 Å². The molecule has 0 aromatic heterocycles. The Kier molecular flexibility index (Phi) is 4.68. The van der Waals surface area contributed by atoms with Gasteiger partial charge in [0.2, 0.25) is 16.8 Å². The van der Waals surface area contributed by atoms with E-state index in [1.165, 1.54) is 12.1 Å². The molecular formula is C23H20N2O5S. The molecule has 1 atom stereocenters. The maximum absolute atomic E-state index is 13.3. The van der Waals surface area contributed by atoms with Crippen LogP contribution in [0.3, 0.4) is 0 Å². The van der Waals surface area contributed by atoms with Gasteiger partial charge in [0, 0.05) is 12.1 Å². The lowest BCUT2D eigenvalue weighted by atomic mass is 9.97. The first-order chi connectivity index (χ1) is 14.9. The molecule has 8 heteroatoms. The Morgan fingerprint density at radius 3 is 2.32 bits per heavy atom. The number of hydrogen-bond donors (Lipinski definition) is 1. The lowest BCUT2D eigenvalue weighted by Crippen LogP contribution is -2.30. The van der Waals surface area contributed by atoms with Crippen molar-refractivity contribution in [1.82, 2.24) is 4.90 Å². The molecule has 0 spiro atoms. The highest BCUT2D eigenvalue weighted by Gasteiger charge is 2.39. The van der Waals surface area contributed by atoms with Gasteiger partial charge in [0.05, 0.1) is 10.9 Å². The van der Waals surface area contributed by atoms with Crippen LogP contribution in [0.25, 0.3) is 0 Å². The third kappa shape index (κ3) is 3.54. The molecule has 0 saturated heterocycles. The van der Waals surface area contributed by atoms with E-state index in [-0.39, 0.29) is 23.6 Å². The summed E-state index contributed by atoms with van der Waals surface area (Å²) in [6, 6.07) is 19.7. The molecule has 31 heavy (non-hydrogen) atoms. The number of primary sulfonamides is 1. The number of amides is 1. The number of rotatable bonds is 5. The molecule has 158 valence electrons. The Morgan fingerprint density at radius 2 is 1.65 bits per heavy atom. The first kappa shape index (κ1) is 19.6. The van der Waals surface area contributed by atoms with Crippen LogP contribution in [0.5, 0.6) is 11.5 Å². The summed E-state index contributed by atoms with van der Waals surface area (Å²) in [5.41, 5.74) is 3.43. The average molecular weight is 436 g/mol. The fraction of sp³-hybridized carbons (Fsp3) is 0.174. The molecule has 7 nitrogen and oxygen atoms in total. The van der Waals surface area contributed by atoms with Crippen LogP contribution in [0, 0.1) is 0 Å². The molecule has 0 saturated carbocycles. The second kappa shape index (κ2) is 7.40. The quantitative estimate of drug-likeness (QED) is 0.663. The number of ether oxygens (including phenoxy) is 2. The molecule has 5 rings (SSSR count). The van der Waals surface area contributed by atoms with Gasteiger partial charge in [-0.05, 0) is 47.4 Å². The zero-order valence-electron chi connectivity index (χ0n) is 16.5. The third-order valence-corrected chi connectivity index (χ3v) is 6.58. The van der Waals surface area contributed by atoms with Gasteiger partial charge in [-0.25, -0.2) is 13.6 Å². The molecule has 2 aliphatic rings. The van der Waals surface area contributed by atoms with Crippen molar-refractivity contribution in [1.29, 1.82) is 0 Å². The van der Waals surface area contributed by atoms with Crippen LogP contribution in [0.15, 0.2) is 71.6 Å². The number of nitrogens with zero attached hydrogens (tertiary/aromatic N) is 1. The molecule has 0 bridgehead atoms. The number of benzene rings is 3. The summed E-state index contributed by atoms with van der Waals surface area (Å²) in [6.45, 7) is 0.620. The summed E-state index contributed by atoms with van der Waals surface area (Å²) in [5, 5.41) is 5.17. The van der Waals surface area contributed by atoms with Crippen LogP contribution in [-0.4, -0.2) is 32.6 Å². The number of nitrogens with two attached hydrogens (primary N) is 1. The Bertz CT molecular complexity index is 1260. The number of fused-ring (bicyclic) bond motifs is 2. The molecule has 3 aromatic rings. The van der Waals surface area contributed by atoms with Crippen molar-refractivity contribution < 1.29 is 22.7 Å². The molecule has 0 radical (unpaired) electrons. The molecule has 0 aliphatic carbocycles. The van der Waals surface area contributed by atoms with E-state index in [1.807, 2.05) is 41.3 Å². The molecule has 0 fully saturated rings. The lowest BCUT2D eigenvalue weighted by molar-refractivity contribution is 0.0751. The van der Waals surface area contributed by atoms with Crippen molar-refractivity contribution in [3.63, 3.8) is 0 Å². The van der Waals surface area contributed by atoms with E-state index in [0.717, 1.165) is 16.7 Å². The van der Waals surface area contributed by atoms with Crippen LogP contribution in [0.1, 0.15) is 33.1 Å². The summed E-state index contributed by atoms with van der Waals surface area (Å²) in [7, 11) is -3.73. The molecule has 2 heterocycles. The Hall–Kier alpha value is -3.36. The van der Waals surface area contributed by atoms with Crippen LogP contribution in [0.2, 0.25) is 0 Å². The van der Waals surface area contributed by atoms with Crippen LogP contribution >= 0.6 is 0 Å². The topological polar surface area (TPSA) is 98.9 Å². The fourth-order valence-corrected chi connectivity index (χ4v) is 4.65. The molecule has 2 aliphatic heterocycles. The van der Waals surface area contributed by atoms with Gasteiger partial charge < -0.3 is 14.4 Å². The van der Waals surface area contributed by atoms with Gasteiger partial charge >= 0.3 is 0 Å². The molecule has 2 N–H and O–H groups in total. The first-order valence-electron chi connectivity index (χ1n) is 9.83. The number of hydrogen-bond acceptors (Lipinski definition) is 5. The maximum Gasteiger partial charge on any atom is 0.255 e. The minimum absolute atomic E-state index is 0.0664. The zero-order valence-corrected chi connectivity index (χ0v) is 17.3. The Balaban J connectivity index is 1.46. The smallest absolute Gasteiger partial charge is 0.255 e. The summed E-state index contributed by atoms with van der Waals surface area (Å²) in [6.07, 6.45) is 0.570. The summed E-state index contributed by atoms with van der Waals surface area (Å²) in [4.78, 5) is 15.2. The standard InChI is InChI=1S/C23H20N2O5S/c24-31(27,28)17-8-6-15(7-9-17)10-11-25-22(16-4-2-1-3-5-16)18-12-20-21(30-14-29-20)13-19(18)23(25)26/h1-9,12-13,22H,10-11,14H2,(H2,24,27,28). The fourth-order valence-electron chi connectivity index (χ4n) is 4.13. The van der Waals surface area contributed by atoms with Crippen molar-refractivity contribution in [3.05, 3.63) is 89.0 Å². The zero-order chi connectivity index (χ0) is 21.6. The van der Waals surface area contributed by atoms with E-state index in [9.17, 15) is 13.2 Å². The van der Waals surface area contributed by atoms with Crippen LogP contribution in [0.4, 0.5) is 0 Å². The minimum Gasteiger partial charge on any atom is -0.454 e. The van der Waals surface area contributed by atoms with Crippen molar-refractivity contribution in [2.75, 3.05) is 13.3 Å². The normalized spacial score (nSPS) is 17.1. The van der Waals surface area contributed by atoms with Crippen molar-refractivity contribution in [2.24, 2.45) is 5.14 Å². The van der Waals surface area contributed by atoms with Crippen molar-refractivity contribution >= 4 is 15.9 Å². The predicted octanol–water partition coefficient (Wildman–Crippen LogP) is 2.85. The highest BCUT2D eigenvalue weighted by molar-refractivity contribution is 7.89. The second-order valence-electron chi connectivity index (χ2n) is 7.54. The Morgan fingerprint density at radius 1 is 0.968 bits per heavy atom. The summed E-state index contributed by atoms with van der Waals surface area (Å²) in [5.74, 6) is 1.16. The first-order valence-corrected chi connectivity index (χ1v) is 11.4. The summed E-state index contributed by atoms with van der Waals surface area (Å²) < 4.78 is 33.9. The van der Waals surface area contributed by atoms with Gasteiger partial charge in [-0.1, -0.05) is 42.5 Å². The largest absolute Gasteiger partial charge is 0.454 e. The van der Waals surface area contributed by atoms with Crippen molar-refractivity contribution in [3.8, 4) is 11.5 Å². The molecular weight excluding hydrogens is 416 g/mol. The maximum atomic E-state index is 13.3. The van der Waals surface area contributed by atoms with Gasteiger partial charge in [-0.3, -0.25) is 4.79 Å². The van der Waals surface area contributed by atoms with E-state index in [2.05, 4.69) is 0 Å². The third-order valence-electron chi connectivity index (χ3n) is 5.65. The Labute approximate surface area is 180 Å². The van der Waals surface area contributed by atoms with Gasteiger partial charge in [-0.2, -0.15) is 0 Å². The minimum atomic E-state index is -3.73. The molecule has 1 amide bonds. The van der Waals surface area contributed by atoms with E-state index in [0.29, 0.717) is 30.0 Å². The monoisotopic (exact) mass is 436 g/mol. The molecule has 1 unspecified atom stereocenters. The van der Waals surface area contributed by atoms with E-state index in [4.69, 9.17) is 14.6 Å². The number of sulfonamides is 1. The average Bonchev–Trinajstić information content (AvgIpc) is 3.33. The SMILES string of the molecule is NS(=O)(=O)c1ccc(CCN2C(=O)c3cc4c(cc3C2c2ccccc2)OCO4)cc1. The highest BCUT2D eigenvalue weighted by atomic mass is 32.2. The van der Waals surface area contributed by atoms with Crippen LogP contribution < -0.4 is 14.6 Å². The van der Waals surface area contributed by atoms with E-state index < -0.39 is 10.0 Å². The van der Waals surface area contributed by atoms with Gasteiger partial charge in [0.15, 0.2) is 11.5 Å². The predicted molar refractivity (Wildman–Crippen MR) is 113 cm³/mol. The van der Waals surface area contributed by atoms with Gasteiger partial charge in [-0.15, -0.1) is 0 Å². The lowest BCUT2D eigenvalue weighted by Gasteiger charge is -2.26. The summed E-state index contributed by atoms with van der Waals surface area (Å²) >= 11 is 0. The second-order valence-corrected chi connectivity index (χ2v) is 9.10.